The zero-order valence-electron chi connectivity index (χ0n) is 16.7. The lowest BCUT2D eigenvalue weighted by Gasteiger charge is -2.26. The summed E-state index contributed by atoms with van der Waals surface area (Å²) in [5, 5.41) is 14.3. The van der Waals surface area contributed by atoms with Gasteiger partial charge in [0.1, 0.15) is 23.8 Å². The van der Waals surface area contributed by atoms with Gasteiger partial charge in [0.25, 0.3) is 5.91 Å². The maximum absolute atomic E-state index is 13.2. The molecule has 1 aliphatic heterocycles. The topological polar surface area (TPSA) is 99.3 Å². The SMILES string of the molecule is Cc1nnn(-c2ccc(F)cc2)c1COc1cc(C(=O)NN2CCOCC2)n(C)n1. The fraction of sp³-hybridized carbons (Fsp3) is 0.368. The highest BCUT2D eigenvalue weighted by Crippen LogP contribution is 2.17. The number of aromatic nitrogens is 5. The van der Waals surface area contributed by atoms with E-state index in [4.69, 9.17) is 9.47 Å². The van der Waals surface area contributed by atoms with Crippen molar-refractivity contribution in [3.8, 4) is 11.6 Å². The highest BCUT2D eigenvalue weighted by atomic mass is 19.1. The number of hydrazine groups is 1. The molecule has 1 N–H and O–H groups in total. The molecule has 0 radical (unpaired) electrons. The fourth-order valence-electron chi connectivity index (χ4n) is 3.07. The molecule has 1 aromatic carbocycles. The zero-order valence-corrected chi connectivity index (χ0v) is 16.7. The first kappa shape index (κ1) is 20.0. The molecular weight excluding hydrogens is 393 g/mol. The van der Waals surface area contributed by atoms with E-state index in [-0.39, 0.29) is 18.3 Å². The molecule has 0 unspecified atom stereocenters. The van der Waals surface area contributed by atoms with Crippen molar-refractivity contribution in [1.82, 2.24) is 35.2 Å². The number of ether oxygens (including phenoxy) is 2. The lowest BCUT2D eigenvalue weighted by Crippen LogP contribution is -2.48. The molecule has 0 aliphatic carbocycles. The van der Waals surface area contributed by atoms with Gasteiger partial charge in [-0.05, 0) is 31.2 Å². The van der Waals surface area contributed by atoms with Crippen molar-refractivity contribution in [2.75, 3.05) is 26.3 Å². The molecule has 10 nitrogen and oxygen atoms in total. The summed E-state index contributed by atoms with van der Waals surface area (Å²) in [4.78, 5) is 12.5. The van der Waals surface area contributed by atoms with E-state index < -0.39 is 0 Å². The lowest BCUT2D eigenvalue weighted by molar-refractivity contribution is 0.0123. The van der Waals surface area contributed by atoms with Gasteiger partial charge in [-0.2, -0.15) is 0 Å². The number of carbonyl (C=O) groups excluding carboxylic acids is 1. The van der Waals surface area contributed by atoms with Crippen LogP contribution in [0, 0.1) is 12.7 Å². The minimum atomic E-state index is -0.329. The summed E-state index contributed by atoms with van der Waals surface area (Å²) in [7, 11) is 1.68. The van der Waals surface area contributed by atoms with E-state index in [1.807, 2.05) is 11.9 Å². The van der Waals surface area contributed by atoms with Gasteiger partial charge in [-0.1, -0.05) is 5.21 Å². The van der Waals surface area contributed by atoms with E-state index >= 15 is 0 Å². The summed E-state index contributed by atoms with van der Waals surface area (Å²) < 4.78 is 27.3. The van der Waals surface area contributed by atoms with Crippen LogP contribution < -0.4 is 10.2 Å². The van der Waals surface area contributed by atoms with Gasteiger partial charge in [0.15, 0.2) is 0 Å². The van der Waals surface area contributed by atoms with Crippen molar-refractivity contribution in [2.24, 2.45) is 7.05 Å². The van der Waals surface area contributed by atoms with Gasteiger partial charge in [-0.3, -0.25) is 14.9 Å². The molecule has 3 heterocycles. The summed E-state index contributed by atoms with van der Waals surface area (Å²) in [6.45, 7) is 4.37. The molecule has 3 aromatic rings. The van der Waals surface area contributed by atoms with Crippen LogP contribution in [-0.4, -0.2) is 62.0 Å². The largest absolute Gasteiger partial charge is 0.470 e. The zero-order chi connectivity index (χ0) is 21.1. The van der Waals surface area contributed by atoms with Gasteiger partial charge in [0.2, 0.25) is 5.88 Å². The van der Waals surface area contributed by atoms with Crippen LogP contribution in [0.5, 0.6) is 5.88 Å². The molecule has 0 spiro atoms. The van der Waals surface area contributed by atoms with Gasteiger partial charge in [0.05, 0.1) is 24.6 Å². The van der Waals surface area contributed by atoms with Crippen molar-refractivity contribution < 1.29 is 18.7 Å². The van der Waals surface area contributed by atoms with Crippen molar-refractivity contribution in [1.29, 1.82) is 0 Å². The van der Waals surface area contributed by atoms with Gasteiger partial charge in [0, 0.05) is 26.2 Å². The smallest absolute Gasteiger partial charge is 0.283 e. The van der Waals surface area contributed by atoms with Crippen molar-refractivity contribution >= 4 is 5.91 Å². The predicted octanol–water partition coefficient (Wildman–Crippen LogP) is 1.00. The number of amides is 1. The number of nitrogens with one attached hydrogen (secondary N) is 1. The van der Waals surface area contributed by atoms with Crippen LogP contribution >= 0.6 is 0 Å². The second-order valence-electron chi connectivity index (χ2n) is 6.83. The van der Waals surface area contributed by atoms with Crippen LogP contribution in [0.2, 0.25) is 0 Å². The molecule has 1 amide bonds. The highest BCUT2D eigenvalue weighted by Gasteiger charge is 2.19. The third kappa shape index (κ3) is 4.31. The van der Waals surface area contributed by atoms with E-state index in [0.717, 1.165) is 0 Å². The second kappa shape index (κ2) is 8.59. The van der Waals surface area contributed by atoms with Crippen LogP contribution in [0.4, 0.5) is 4.39 Å². The van der Waals surface area contributed by atoms with Crippen molar-refractivity contribution in [3.05, 3.63) is 53.2 Å². The molecule has 0 bridgehead atoms. The van der Waals surface area contributed by atoms with Gasteiger partial charge < -0.3 is 9.47 Å². The Kier molecular flexibility index (Phi) is 5.72. The standard InChI is InChI=1S/C19H22FN7O3/c1-13-17(27(24-21-13)15-5-3-14(20)4-6-15)12-30-18-11-16(25(2)22-18)19(28)23-26-7-9-29-10-8-26/h3-6,11H,7-10,12H2,1-2H3,(H,23,28). The molecule has 1 aliphatic rings. The Bertz CT molecular complexity index is 1030. The average molecular weight is 415 g/mol. The number of aryl methyl sites for hydroxylation is 2. The maximum atomic E-state index is 13.2. The summed E-state index contributed by atoms with van der Waals surface area (Å²) in [5.41, 5.74) is 5.27. The summed E-state index contributed by atoms with van der Waals surface area (Å²) >= 11 is 0. The predicted molar refractivity (Wildman–Crippen MR) is 103 cm³/mol. The van der Waals surface area contributed by atoms with Crippen LogP contribution in [0.25, 0.3) is 5.69 Å². The molecule has 1 saturated heterocycles. The molecule has 0 saturated carbocycles. The van der Waals surface area contributed by atoms with E-state index in [1.54, 1.807) is 29.9 Å². The molecule has 0 atom stereocenters. The minimum Gasteiger partial charge on any atom is -0.470 e. The highest BCUT2D eigenvalue weighted by molar-refractivity contribution is 5.92. The quantitative estimate of drug-likeness (QED) is 0.641. The van der Waals surface area contributed by atoms with Crippen molar-refractivity contribution in [3.63, 3.8) is 0 Å². The molecule has 158 valence electrons. The first-order valence-corrected chi connectivity index (χ1v) is 9.49. The lowest BCUT2D eigenvalue weighted by atomic mass is 10.3. The molecule has 4 rings (SSSR count). The monoisotopic (exact) mass is 415 g/mol. The molecule has 2 aromatic heterocycles. The second-order valence-corrected chi connectivity index (χ2v) is 6.83. The molecule has 1 fully saturated rings. The Morgan fingerprint density at radius 2 is 2.00 bits per heavy atom. The summed E-state index contributed by atoms with van der Waals surface area (Å²) in [6.07, 6.45) is 0. The molecule has 11 heteroatoms. The van der Waals surface area contributed by atoms with Crippen molar-refractivity contribution in [2.45, 2.75) is 13.5 Å². The van der Waals surface area contributed by atoms with E-state index in [2.05, 4.69) is 20.8 Å². The number of hydrogen-bond donors (Lipinski definition) is 1. The van der Waals surface area contributed by atoms with E-state index in [0.29, 0.717) is 55.0 Å². The average Bonchev–Trinajstić information content (AvgIpc) is 3.30. The van der Waals surface area contributed by atoms with Gasteiger partial charge in [-0.15, -0.1) is 10.2 Å². The van der Waals surface area contributed by atoms with Crippen LogP contribution in [0.1, 0.15) is 21.9 Å². The Labute approximate surface area is 172 Å². The Balaban J connectivity index is 1.45. The maximum Gasteiger partial charge on any atom is 0.283 e. The minimum absolute atomic E-state index is 0.137. The number of halogens is 1. The molecular formula is C19H22FN7O3. The van der Waals surface area contributed by atoms with Crippen LogP contribution in [-0.2, 0) is 18.4 Å². The fourth-order valence-corrected chi connectivity index (χ4v) is 3.07. The first-order valence-electron chi connectivity index (χ1n) is 9.49. The first-order chi connectivity index (χ1) is 14.5. The number of carbonyl (C=O) groups is 1. The normalized spacial score (nSPS) is 14.6. The Morgan fingerprint density at radius 1 is 1.27 bits per heavy atom. The van der Waals surface area contributed by atoms with Crippen LogP contribution in [0.15, 0.2) is 30.3 Å². The summed E-state index contributed by atoms with van der Waals surface area (Å²) in [5.74, 6) is -0.295. The van der Waals surface area contributed by atoms with Gasteiger partial charge >= 0.3 is 0 Å². The van der Waals surface area contributed by atoms with Gasteiger partial charge in [-0.25, -0.2) is 14.1 Å². The number of benzene rings is 1. The van der Waals surface area contributed by atoms with Crippen LogP contribution in [0.3, 0.4) is 0 Å². The number of rotatable bonds is 6. The van der Waals surface area contributed by atoms with E-state index in [1.165, 1.54) is 16.8 Å². The number of nitrogens with zero attached hydrogens (tertiary/aromatic N) is 6. The Morgan fingerprint density at radius 3 is 2.73 bits per heavy atom. The number of morpholine rings is 1. The molecule has 30 heavy (non-hydrogen) atoms. The number of hydrogen-bond acceptors (Lipinski definition) is 7. The Hall–Kier alpha value is -3.31. The third-order valence-corrected chi connectivity index (χ3v) is 4.75. The summed E-state index contributed by atoms with van der Waals surface area (Å²) in [6, 6.07) is 7.52. The van der Waals surface area contributed by atoms with E-state index in [9.17, 15) is 9.18 Å². The third-order valence-electron chi connectivity index (χ3n) is 4.75.